The molecule has 0 aliphatic heterocycles. The van der Waals surface area contributed by atoms with Crippen molar-refractivity contribution >= 4 is 44.7 Å². The van der Waals surface area contributed by atoms with Crippen LogP contribution >= 0.6 is 0 Å². The van der Waals surface area contributed by atoms with E-state index in [-0.39, 0.29) is 17.8 Å². The zero-order chi connectivity index (χ0) is 24.0. The maximum absolute atomic E-state index is 13.3. The molecule has 10 nitrogen and oxygen atoms in total. The van der Waals surface area contributed by atoms with E-state index >= 15 is 0 Å². The zero-order valence-electron chi connectivity index (χ0n) is 19.0. The Kier molecular flexibility index (Phi) is 5.29. The molecule has 3 heterocycles. The normalized spacial score (nSPS) is 12.5. The molecule has 5 rings (SSSR count). The summed E-state index contributed by atoms with van der Waals surface area (Å²) in [5.74, 6) is 0.188. The molecular formula is C24H22N4O6. The lowest BCUT2D eigenvalue weighted by molar-refractivity contribution is 0.0124. The molecule has 1 N–H and O–H groups in total. The summed E-state index contributed by atoms with van der Waals surface area (Å²) in [6.45, 7) is 1.94. The van der Waals surface area contributed by atoms with E-state index in [9.17, 15) is 9.59 Å². The van der Waals surface area contributed by atoms with Crippen LogP contribution in [0.2, 0.25) is 0 Å². The van der Waals surface area contributed by atoms with Crippen LogP contribution in [-0.2, 0) is 9.47 Å². The highest BCUT2D eigenvalue weighted by molar-refractivity contribution is 6.11. The summed E-state index contributed by atoms with van der Waals surface area (Å²) < 4.78 is 23.2. The monoisotopic (exact) mass is 462 g/mol. The number of para-hydroxylation sites is 2. The molecule has 0 spiro atoms. The van der Waals surface area contributed by atoms with Gasteiger partial charge in [-0.25, -0.2) is 14.8 Å². The van der Waals surface area contributed by atoms with E-state index in [1.807, 2.05) is 24.3 Å². The van der Waals surface area contributed by atoms with Crippen molar-refractivity contribution in [2.24, 2.45) is 0 Å². The second-order valence-electron chi connectivity index (χ2n) is 7.79. The molecule has 3 aromatic heterocycles. The number of hydrogen-bond donors (Lipinski definition) is 1. The van der Waals surface area contributed by atoms with Gasteiger partial charge in [0.05, 0.1) is 42.8 Å². The highest BCUT2D eigenvalue weighted by Gasteiger charge is 2.27. The van der Waals surface area contributed by atoms with E-state index in [0.29, 0.717) is 44.6 Å². The van der Waals surface area contributed by atoms with E-state index in [1.54, 1.807) is 23.5 Å². The number of aromatic nitrogens is 4. The van der Waals surface area contributed by atoms with Gasteiger partial charge in [-0.15, -0.1) is 0 Å². The topological polar surface area (TPSA) is 117 Å². The van der Waals surface area contributed by atoms with Crippen LogP contribution in [0.3, 0.4) is 0 Å². The molecule has 34 heavy (non-hydrogen) atoms. The first kappa shape index (κ1) is 21.7. The second kappa shape index (κ2) is 8.31. The molecule has 5 aromatic rings. The third-order valence-corrected chi connectivity index (χ3v) is 5.59. The Morgan fingerprint density at radius 2 is 1.74 bits per heavy atom. The molecule has 10 heteroatoms. The van der Waals surface area contributed by atoms with Gasteiger partial charge in [0, 0.05) is 13.2 Å². The Bertz CT molecular complexity index is 1640. The van der Waals surface area contributed by atoms with Gasteiger partial charge in [-0.05, 0) is 25.1 Å². The molecule has 174 valence electrons. The molecule has 0 saturated heterocycles. The van der Waals surface area contributed by atoms with Crippen molar-refractivity contribution in [3.8, 4) is 11.5 Å². The number of fused-ring (bicyclic) bond motifs is 6. The van der Waals surface area contributed by atoms with Gasteiger partial charge in [0.2, 0.25) is 0 Å². The number of hydrogen-bond acceptors (Lipinski definition) is 8. The average molecular weight is 462 g/mol. The van der Waals surface area contributed by atoms with E-state index in [1.165, 1.54) is 21.3 Å². The fourth-order valence-electron chi connectivity index (χ4n) is 4.11. The average Bonchev–Trinajstić information content (AvgIpc) is 3.14. The predicted octanol–water partition coefficient (Wildman–Crippen LogP) is 3.09. The van der Waals surface area contributed by atoms with Gasteiger partial charge in [0.1, 0.15) is 22.8 Å². The second-order valence-corrected chi connectivity index (χ2v) is 7.79. The smallest absolute Gasteiger partial charge is 0.344 e. The van der Waals surface area contributed by atoms with E-state index < -0.39 is 17.6 Å². The van der Waals surface area contributed by atoms with Crippen LogP contribution in [-0.4, -0.2) is 59.4 Å². The van der Waals surface area contributed by atoms with Gasteiger partial charge < -0.3 is 23.9 Å². The lowest BCUT2D eigenvalue weighted by Crippen LogP contribution is -2.20. The zero-order valence-corrected chi connectivity index (χ0v) is 19.0. The van der Waals surface area contributed by atoms with Crippen molar-refractivity contribution in [2.75, 3.05) is 27.9 Å². The van der Waals surface area contributed by atoms with Crippen LogP contribution in [0.1, 0.15) is 17.3 Å². The lowest BCUT2D eigenvalue weighted by atomic mass is 10.2. The molecule has 2 aromatic carbocycles. The first-order valence-corrected chi connectivity index (χ1v) is 10.6. The number of carbonyl (C=O) groups excluding carboxylic acids is 1. The van der Waals surface area contributed by atoms with E-state index in [2.05, 4.69) is 4.98 Å². The van der Waals surface area contributed by atoms with Crippen LogP contribution in [0.5, 0.6) is 11.5 Å². The number of rotatable bonds is 6. The summed E-state index contributed by atoms with van der Waals surface area (Å²) in [6, 6.07) is 10.6. The number of ether oxygens (including phenoxy) is 4. The molecule has 0 fully saturated rings. The largest absolute Gasteiger partial charge is 0.493 e. The van der Waals surface area contributed by atoms with Crippen molar-refractivity contribution in [3.05, 3.63) is 52.3 Å². The van der Waals surface area contributed by atoms with Crippen LogP contribution in [0.15, 0.2) is 41.2 Å². The number of carbonyl (C=O) groups is 1. The van der Waals surface area contributed by atoms with E-state index in [0.717, 1.165) is 0 Å². The summed E-state index contributed by atoms with van der Waals surface area (Å²) in [5, 5.41) is 0.338. The number of nitrogens with one attached hydrogen (secondary N) is 1. The van der Waals surface area contributed by atoms with Crippen LogP contribution in [0.25, 0.3) is 38.7 Å². The number of benzene rings is 2. The fourth-order valence-corrected chi connectivity index (χ4v) is 4.11. The van der Waals surface area contributed by atoms with Gasteiger partial charge in [-0.1, -0.05) is 12.1 Å². The van der Waals surface area contributed by atoms with Crippen molar-refractivity contribution in [3.63, 3.8) is 0 Å². The Hall–Kier alpha value is -4.18. The molecule has 0 amide bonds. The van der Waals surface area contributed by atoms with Crippen molar-refractivity contribution in [1.82, 2.24) is 19.4 Å². The van der Waals surface area contributed by atoms with Gasteiger partial charge in [-0.2, -0.15) is 0 Å². The van der Waals surface area contributed by atoms with Crippen molar-refractivity contribution < 1.29 is 23.7 Å². The van der Waals surface area contributed by atoms with Crippen LogP contribution in [0, 0.1) is 0 Å². The summed E-state index contributed by atoms with van der Waals surface area (Å²) in [7, 11) is 4.53. The third-order valence-electron chi connectivity index (χ3n) is 5.59. The summed E-state index contributed by atoms with van der Waals surface area (Å²) >= 11 is 0. The SMILES string of the molecule is COC[C@H](C)OC(=O)c1c2nc3ccccc3nc2n2c1[nH]c(=O)c1cc(OC)c(OC)cc12. The Morgan fingerprint density at radius 1 is 1.06 bits per heavy atom. The molecule has 1 atom stereocenters. The standard InChI is InChI=1S/C24H22N4O6/c1-12(11-31-2)34-24(30)19-20-22(26-15-8-6-5-7-14(15)25-20)28-16-10-18(33-4)17(32-3)9-13(16)23(29)27-21(19)28/h5-10,12H,11H2,1-4H3,(H,27,29)/t12-/m0/s1. The molecular weight excluding hydrogens is 440 g/mol. The van der Waals surface area contributed by atoms with E-state index in [4.69, 9.17) is 28.9 Å². The highest BCUT2D eigenvalue weighted by Crippen LogP contribution is 2.34. The molecule has 0 aliphatic carbocycles. The van der Waals surface area contributed by atoms with Crippen molar-refractivity contribution in [1.29, 1.82) is 0 Å². The van der Waals surface area contributed by atoms with Crippen molar-refractivity contribution in [2.45, 2.75) is 13.0 Å². The number of aromatic amines is 1. The molecule has 0 aliphatic rings. The lowest BCUT2D eigenvalue weighted by Gasteiger charge is -2.12. The first-order chi connectivity index (χ1) is 16.5. The summed E-state index contributed by atoms with van der Waals surface area (Å²) in [5.41, 5.74) is 2.37. The molecule has 0 saturated carbocycles. The Labute approximate surface area is 193 Å². The number of esters is 1. The highest BCUT2D eigenvalue weighted by atomic mass is 16.6. The molecule has 0 radical (unpaired) electrons. The Balaban J connectivity index is 1.93. The first-order valence-electron chi connectivity index (χ1n) is 10.6. The minimum absolute atomic E-state index is 0.116. The summed E-state index contributed by atoms with van der Waals surface area (Å²) in [6.07, 6.45) is -0.507. The number of nitrogens with zero attached hydrogens (tertiary/aromatic N) is 3. The maximum atomic E-state index is 13.3. The number of methoxy groups -OCH3 is 3. The Morgan fingerprint density at radius 3 is 2.41 bits per heavy atom. The minimum Gasteiger partial charge on any atom is -0.493 e. The molecule has 0 unspecified atom stereocenters. The van der Waals surface area contributed by atoms with Gasteiger partial charge >= 0.3 is 5.97 Å². The quantitative estimate of drug-likeness (QED) is 0.383. The number of H-pyrrole nitrogens is 1. The summed E-state index contributed by atoms with van der Waals surface area (Å²) in [4.78, 5) is 38.7. The predicted molar refractivity (Wildman–Crippen MR) is 126 cm³/mol. The van der Waals surface area contributed by atoms with Gasteiger partial charge in [-0.3, -0.25) is 9.20 Å². The van der Waals surface area contributed by atoms with Crippen LogP contribution < -0.4 is 15.0 Å². The van der Waals surface area contributed by atoms with Gasteiger partial charge in [0.15, 0.2) is 17.1 Å². The molecule has 0 bridgehead atoms. The van der Waals surface area contributed by atoms with Gasteiger partial charge in [0.25, 0.3) is 5.56 Å². The minimum atomic E-state index is -0.642. The fraction of sp³-hybridized carbons (Fsp3) is 0.250. The maximum Gasteiger partial charge on any atom is 0.344 e. The third kappa shape index (κ3) is 3.30. The van der Waals surface area contributed by atoms with Crippen LogP contribution in [0.4, 0.5) is 0 Å².